The van der Waals surface area contributed by atoms with Crippen LogP contribution < -0.4 is 10.1 Å². The predicted octanol–water partition coefficient (Wildman–Crippen LogP) is 1.48. The van der Waals surface area contributed by atoms with E-state index in [1.54, 1.807) is 35.4 Å². The standard InChI is InChI=1S/C18H18N4O4/c23-16-10-26-15-2-1-12(9-14(15)20-16)17(24)11-4-7-22(8-5-11)18(25)13-3-6-19-21-13/h1-3,6,9,11H,4-5,7-8,10H2,(H,19,21)(H,20,23). The summed E-state index contributed by atoms with van der Waals surface area (Å²) in [6.45, 7) is 1.04. The molecule has 0 saturated carbocycles. The minimum atomic E-state index is -0.229. The maximum atomic E-state index is 12.8. The number of carbonyl (C=O) groups is 3. The Morgan fingerprint density at radius 1 is 1.19 bits per heavy atom. The molecular weight excluding hydrogens is 336 g/mol. The summed E-state index contributed by atoms with van der Waals surface area (Å²) in [7, 11) is 0. The molecule has 2 aliphatic rings. The van der Waals surface area contributed by atoms with Gasteiger partial charge in [0.15, 0.2) is 12.4 Å². The molecule has 8 heteroatoms. The van der Waals surface area contributed by atoms with Crippen molar-refractivity contribution in [2.75, 3.05) is 25.0 Å². The number of benzene rings is 1. The normalized spacial score (nSPS) is 17.2. The summed E-state index contributed by atoms with van der Waals surface area (Å²) in [6, 6.07) is 6.74. The maximum absolute atomic E-state index is 12.8. The summed E-state index contributed by atoms with van der Waals surface area (Å²) in [6.07, 6.45) is 2.76. The van der Waals surface area contributed by atoms with Crippen LogP contribution in [0.3, 0.4) is 0 Å². The summed E-state index contributed by atoms with van der Waals surface area (Å²) < 4.78 is 5.32. The van der Waals surface area contributed by atoms with Gasteiger partial charge in [-0.3, -0.25) is 19.5 Å². The van der Waals surface area contributed by atoms with Gasteiger partial charge >= 0.3 is 0 Å². The Kier molecular flexibility index (Phi) is 4.16. The number of nitrogens with zero attached hydrogens (tertiary/aromatic N) is 2. The Labute approximate surface area is 149 Å². The second kappa shape index (κ2) is 6.62. The number of fused-ring (bicyclic) bond motifs is 1. The van der Waals surface area contributed by atoms with Crippen LogP contribution in [0.25, 0.3) is 0 Å². The summed E-state index contributed by atoms with van der Waals surface area (Å²) in [5.41, 5.74) is 1.53. The Balaban J connectivity index is 1.42. The number of nitrogens with one attached hydrogen (secondary N) is 2. The van der Waals surface area contributed by atoms with Gasteiger partial charge in [-0.05, 0) is 37.1 Å². The van der Waals surface area contributed by atoms with E-state index < -0.39 is 0 Å². The van der Waals surface area contributed by atoms with Crippen LogP contribution in [0.2, 0.25) is 0 Å². The van der Waals surface area contributed by atoms with E-state index in [4.69, 9.17) is 4.74 Å². The van der Waals surface area contributed by atoms with Crippen molar-refractivity contribution in [3.05, 3.63) is 41.7 Å². The molecule has 2 amide bonds. The maximum Gasteiger partial charge on any atom is 0.271 e. The van der Waals surface area contributed by atoms with E-state index in [-0.39, 0.29) is 30.1 Å². The summed E-state index contributed by atoms with van der Waals surface area (Å²) in [5, 5.41) is 9.18. The monoisotopic (exact) mass is 354 g/mol. The van der Waals surface area contributed by atoms with Gasteiger partial charge in [-0.1, -0.05) is 0 Å². The number of aromatic nitrogens is 2. The number of rotatable bonds is 3. The van der Waals surface area contributed by atoms with Gasteiger partial charge < -0.3 is 15.0 Å². The fourth-order valence-electron chi connectivity index (χ4n) is 3.36. The zero-order chi connectivity index (χ0) is 18.1. The number of likely N-dealkylation sites (tertiary alicyclic amines) is 1. The van der Waals surface area contributed by atoms with Crippen LogP contribution in [0.1, 0.15) is 33.7 Å². The first-order valence-corrected chi connectivity index (χ1v) is 8.51. The molecule has 2 aliphatic heterocycles. The number of carbonyl (C=O) groups excluding carboxylic acids is 3. The number of aromatic amines is 1. The van der Waals surface area contributed by atoms with Crippen molar-refractivity contribution in [1.29, 1.82) is 0 Å². The van der Waals surface area contributed by atoms with Gasteiger partial charge in [-0.25, -0.2) is 0 Å². The number of amides is 2. The molecule has 2 N–H and O–H groups in total. The number of piperidine rings is 1. The Morgan fingerprint density at radius 3 is 2.73 bits per heavy atom. The van der Waals surface area contributed by atoms with E-state index in [2.05, 4.69) is 15.5 Å². The topological polar surface area (TPSA) is 104 Å². The highest BCUT2D eigenvalue weighted by Gasteiger charge is 2.29. The minimum Gasteiger partial charge on any atom is -0.482 e. The SMILES string of the molecule is O=C1COc2ccc(C(=O)C3CCN(C(=O)c4ccn[nH]4)CC3)cc2N1. The van der Waals surface area contributed by atoms with Crippen LogP contribution in [-0.2, 0) is 4.79 Å². The Hall–Kier alpha value is -3.16. The lowest BCUT2D eigenvalue weighted by atomic mass is 9.88. The first-order valence-electron chi connectivity index (χ1n) is 8.51. The second-order valence-electron chi connectivity index (χ2n) is 6.45. The quantitative estimate of drug-likeness (QED) is 0.813. The second-order valence-corrected chi connectivity index (χ2v) is 6.45. The first-order chi connectivity index (χ1) is 12.6. The average molecular weight is 354 g/mol. The zero-order valence-corrected chi connectivity index (χ0v) is 14.0. The third kappa shape index (κ3) is 3.05. The van der Waals surface area contributed by atoms with Crippen LogP contribution in [0.4, 0.5) is 5.69 Å². The molecule has 4 rings (SSSR count). The van der Waals surface area contributed by atoms with E-state index in [0.29, 0.717) is 48.6 Å². The molecule has 0 aliphatic carbocycles. The molecule has 0 unspecified atom stereocenters. The highest BCUT2D eigenvalue weighted by atomic mass is 16.5. The van der Waals surface area contributed by atoms with Crippen molar-refractivity contribution in [1.82, 2.24) is 15.1 Å². The Morgan fingerprint density at radius 2 is 2.00 bits per heavy atom. The molecule has 0 atom stereocenters. The lowest BCUT2D eigenvalue weighted by Crippen LogP contribution is -2.40. The Bertz CT molecular complexity index is 854. The minimum absolute atomic E-state index is 0.0108. The van der Waals surface area contributed by atoms with Crippen LogP contribution in [0.5, 0.6) is 5.75 Å². The van der Waals surface area contributed by atoms with E-state index >= 15 is 0 Å². The highest BCUT2D eigenvalue weighted by Crippen LogP contribution is 2.31. The van der Waals surface area contributed by atoms with E-state index in [0.717, 1.165) is 0 Å². The largest absolute Gasteiger partial charge is 0.482 e. The van der Waals surface area contributed by atoms with Gasteiger partial charge in [0.2, 0.25) is 0 Å². The van der Waals surface area contributed by atoms with Crippen molar-refractivity contribution in [2.24, 2.45) is 5.92 Å². The third-order valence-corrected chi connectivity index (χ3v) is 4.78. The van der Waals surface area contributed by atoms with Gasteiger partial charge in [-0.2, -0.15) is 5.10 Å². The molecular formula is C18H18N4O4. The van der Waals surface area contributed by atoms with Crippen molar-refractivity contribution in [3.63, 3.8) is 0 Å². The van der Waals surface area contributed by atoms with Gasteiger partial charge in [0.1, 0.15) is 11.4 Å². The molecule has 0 bridgehead atoms. The molecule has 1 fully saturated rings. The van der Waals surface area contributed by atoms with Gasteiger partial charge in [0.05, 0.1) is 5.69 Å². The van der Waals surface area contributed by atoms with E-state index in [1.807, 2.05) is 0 Å². The van der Waals surface area contributed by atoms with Crippen molar-refractivity contribution >= 4 is 23.3 Å². The van der Waals surface area contributed by atoms with Gasteiger partial charge in [0.25, 0.3) is 11.8 Å². The van der Waals surface area contributed by atoms with Crippen molar-refractivity contribution in [2.45, 2.75) is 12.8 Å². The molecule has 1 aromatic heterocycles. The predicted molar refractivity (Wildman–Crippen MR) is 92.1 cm³/mol. The number of H-pyrrole nitrogens is 1. The third-order valence-electron chi connectivity index (χ3n) is 4.78. The lowest BCUT2D eigenvalue weighted by Gasteiger charge is -2.31. The van der Waals surface area contributed by atoms with Crippen LogP contribution in [0.15, 0.2) is 30.5 Å². The summed E-state index contributed by atoms with van der Waals surface area (Å²) in [4.78, 5) is 38.3. The zero-order valence-electron chi connectivity index (χ0n) is 14.0. The number of hydrogen-bond acceptors (Lipinski definition) is 5. The van der Waals surface area contributed by atoms with Crippen LogP contribution >= 0.6 is 0 Å². The molecule has 1 saturated heterocycles. The van der Waals surface area contributed by atoms with Gasteiger partial charge in [-0.15, -0.1) is 0 Å². The molecule has 2 aromatic rings. The smallest absolute Gasteiger partial charge is 0.271 e. The van der Waals surface area contributed by atoms with Crippen LogP contribution in [0, 0.1) is 5.92 Å². The number of ketones is 1. The fourth-order valence-corrected chi connectivity index (χ4v) is 3.36. The molecule has 8 nitrogen and oxygen atoms in total. The summed E-state index contributed by atoms with van der Waals surface area (Å²) in [5.74, 6) is 0.135. The van der Waals surface area contributed by atoms with Gasteiger partial charge in [0, 0.05) is 30.8 Å². The van der Waals surface area contributed by atoms with Crippen molar-refractivity contribution in [3.8, 4) is 5.75 Å². The average Bonchev–Trinajstić information content (AvgIpc) is 3.21. The molecule has 0 radical (unpaired) electrons. The first kappa shape index (κ1) is 16.3. The fraction of sp³-hybridized carbons (Fsp3) is 0.333. The summed E-state index contributed by atoms with van der Waals surface area (Å²) >= 11 is 0. The molecule has 134 valence electrons. The van der Waals surface area contributed by atoms with E-state index in [9.17, 15) is 14.4 Å². The van der Waals surface area contributed by atoms with Crippen LogP contribution in [-0.4, -0.2) is 52.4 Å². The molecule has 3 heterocycles. The number of hydrogen-bond donors (Lipinski definition) is 2. The van der Waals surface area contributed by atoms with E-state index in [1.165, 1.54) is 0 Å². The highest BCUT2D eigenvalue weighted by molar-refractivity contribution is 6.02. The number of ether oxygens (including phenoxy) is 1. The molecule has 1 aromatic carbocycles. The lowest BCUT2D eigenvalue weighted by molar-refractivity contribution is -0.118. The number of Topliss-reactive ketones (excluding diaryl/α,β-unsaturated/α-hetero) is 1. The molecule has 26 heavy (non-hydrogen) atoms. The van der Waals surface area contributed by atoms with Crippen molar-refractivity contribution < 1.29 is 19.1 Å². The molecule has 0 spiro atoms. The number of anilines is 1.